The van der Waals surface area contributed by atoms with E-state index in [-0.39, 0.29) is 24.2 Å². The number of H-pyrrole nitrogens is 1. The zero-order valence-electron chi connectivity index (χ0n) is 13.2. The Kier molecular flexibility index (Phi) is 3.94. The summed E-state index contributed by atoms with van der Waals surface area (Å²) in [6, 6.07) is 3.83. The lowest BCUT2D eigenvalue weighted by atomic mass is 9.97. The number of amides is 1. The van der Waals surface area contributed by atoms with Crippen molar-refractivity contribution in [3.8, 4) is 5.95 Å². The number of nitrogens with one attached hydrogen (secondary N) is 1. The number of hydrogen-bond donors (Lipinski definition) is 2. The molecule has 0 aliphatic carbocycles. The van der Waals surface area contributed by atoms with Crippen LogP contribution >= 0.6 is 0 Å². The van der Waals surface area contributed by atoms with Gasteiger partial charge in [0.2, 0.25) is 5.82 Å². The maximum Gasteiger partial charge on any atom is 0.291 e. The zero-order chi connectivity index (χ0) is 17.2. The first kappa shape index (κ1) is 15.4. The van der Waals surface area contributed by atoms with Crippen molar-refractivity contribution in [2.75, 3.05) is 13.1 Å². The van der Waals surface area contributed by atoms with Crippen LogP contribution < -0.4 is 0 Å². The molecule has 1 fully saturated rings. The minimum Gasteiger partial charge on any atom is -0.391 e. The average molecular weight is 340 g/mol. The zero-order valence-corrected chi connectivity index (χ0v) is 13.2. The van der Waals surface area contributed by atoms with E-state index in [0.29, 0.717) is 18.9 Å². The molecule has 4 rings (SSSR count). The first-order valence-electron chi connectivity index (χ1n) is 7.84. The van der Waals surface area contributed by atoms with Gasteiger partial charge in [0.05, 0.1) is 6.10 Å². The van der Waals surface area contributed by atoms with Gasteiger partial charge in [0.15, 0.2) is 0 Å². The predicted octanol–water partition coefficient (Wildman–Crippen LogP) is -0.544. The van der Waals surface area contributed by atoms with Crippen molar-refractivity contribution in [2.24, 2.45) is 5.92 Å². The van der Waals surface area contributed by atoms with Crippen molar-refractivity contribution in [1.29, 1.82) is 0 Å². The van der Waals surface area contributed by atoms with E-state index >= 15 is 0 Å². The van der Waals surface area contributed by atoms with Crippen molar-refractivity contribution in [3.05, 3.63) is 48.6 Å². The third-order valence-electron chi connectivity index (χ3n) is 4.27. The van der Waals surface area contributed by atoms with Gasteiger partial charge in [-0.2, -0.15) is 4.98 Å². The molecule has 1 aliphatic rings. The Bertz CT molecular complexity index is 848. The molecule has 0 aromatic carbocycles. The fourth-order valence-corrected chi connectivity index (χ4v) is 2.96. The molecule has 10 nitrogen and oxygen atoms in total. The highest BCUT2D eigenvalue weighted by Gasteiger charge is 2.35. The molecule has 2 atom stereocenters. The Morgan fingerprint density at radius 1 is 1.24 bits per heavy atom. The first-order valence-corrected chi connectivity index (χ1v) is 7.84. The maximum absolute atomic E-state index is 12.6. The number of hydrogen-bond acceptors (Lipinski definition) is 7. The van der Waals surface area contributed by atoms with Gasteiger partial charge >= 0.3 is 0 Å². The fraction of sp³-hybridized carbons (Fsp3) is 0.333. The van der Waals surface area contributed by atoms with Crippen LogP contribution in [0.25, 0.3) is 5.95 Å². The summed E-state index contributed by atoms with van der Waals surface area (Å²) in [7, 11) is 0. The number of pyridine rings is 1. The standard InChI is InChI=1S/C15H16N8O2/c24-12-7-22(6-11(12)5-10-1-3-16-4-2-10)14(25)13-19-15(21-20-13)23-8-17-18-9-23/h1-4,8-9,11-12,24H,5-7H2,(H,19,20,21)/t11-,12+/m1/s1. The molecule has 128 valence electrons. The SMILES string of the molecule is O=C(c1nc(-n2cnnc2)n[nH]1)N1C[C@@H](Cc2ccncc2)[C@@H](O)C1. The number of nitrogens with zero attached hydrogens (tertiary/aromatic N) is 7. The van der Waals surface area contributed by atoms with Crippen molar-refractivity contribution in [3.63, 3.8) is 0 Å². The molecule has 3 aromatic rings. The van der Waals surface area contributed by atoms with Gasteiger partial charge in [-0.25, -0.2) is 0 Å². The van der Waals surface area contributed by atoms with Crippen LogP contribution in [0.2, 0.25) is 0 Å². The minimum atomic E-state index is -0.572. The van der Waals surface area contributed by atoms with Gasteiger partial charge in [0.25, 0.3) is 11.9 Å². The molecule has 1 aliphatic heterocycles. The molecule has 0 unspecified atom stereocenters. The summed E-state index contributed by atoms with van der Waals surface area (Å²) in [6.45, 7) is 0.738. The number of aliphatic hydroxyl groups is 1. The van der Waals surface area contributed by atoms with Gasteiger partial charge in [0.1, 0.15) is 12.7 Å². The summed E-state index contributed by atoms with van der Waals surface area (Å²) in [4.78, 5) is 22.3. The lowest BCUT2D eigenvalue weighted by Gasteiger charge is -2.14. The second kappa shape index (κ2) is 6.40. The van der Waals surface area contributed by atoms with E-state index in [9.17, 15) is 9.90 Å². The molecule has 0 spiro atoms. The smallest absolute Gasteiger partial charge is 0.291 e. The second-order valence-corrected chi connectivity index (χ2v) is 5.95. The molecular weight excluding hydrogens is 324 g/mol. The van der Waals surface area contributed by atoms with Crippen LogP contribution in [0.15, 0.2) is 37.2 Å². The summed E-state index contributed by atoms with van der Waals surface area (Å²) >= 11 is 0. The Balaban J connectivity index is 1.45. The number of aromatic amines is 1. The quantitative estimate of drug-likeness (QED) is 0.653. The van der Waals surface area contributed by atoms with E-state index in [4.69, 9.17) is 0 Å². The lowest BCUT2D eigenvalue weighted by molar-refractivity contribution is 0.0753. The van der Waals surface area contributed by atoms with Crippen LogP contribution in [0, 0.1) is 5.92 Å². The molecule has 1 amide bonds. The Morgan fingerprint density at radius 2 is 2.00 bits per heavy atom. The van der Waals surface area contributed by atoms with E-state index in [1.54, 1.807) is 17.3 Å². The summed E-state index contributed by atoms with van der Waals surface area (Å²) in [5.41, 5.74) is 1.09. The Morgan fingerprint density at radius 3 is 2.76 bits per heavy atom. The maximum atomic E-state index is 12.6. The first-order chi connectivity index (χ1) is 12.2. The number of carbonyl (C=O) groups is 1. The van der Waals surface area contributed by atoms with Crippen molar-refractivity contribution >= 4 is 5.91 Å². The van der Waals surface area contributed by atoms with Crippen LogP contribution in [-0.4, -0.2) is 70.0 Å². The van der Waals surface area contributed by atoms with Gasteiger partial charge in [-0.05, 0) is 24.1 Å². The molecule has 0 bridgehead atoms. The molecule has 25 heavy (non-hydrogen) atoms. The fourth-order valence-electron chi connectivity index (χ4n) is 2.96. The van der Waals surface area contributed by atoms with Crippen molar-refractivity contribution in [1.82, 2.24) is 39.8 Å². The molecular formula is C15H16N8O2. The lowest BCUT2D eigenvalue weighted by Crippen LogP contribution is -2.30. The van der Waals surface area contributed by atoms with Crippen LogP contribution in [0.4, 0.5) is 0 Å². The summed E-state index contributed by atoms with van der Waals surface area (Å²) in [6.07, 6.45) is 6.46. The highest BCUT2D eigenvalue weighted by molar-refractivity contribution is 5.90. The van der Waals surface area contributed by atoms with E-state index in [2.05, 4.69) is 30.4 Å². The van der Waals surface area contributed by atoms with Crippen molar-refractivity contribution in [2.45, 2.75) is 12.5 Å². The molecule has 3 aromatic heterocycles. The number of aromatic nitrogens is 7. The van der Waals surface area contributed by atoms with Crippen molar-refractivity contribution < 1.29 is 9.90 Å². The number of likely N-dealkylation sites (tertiary alicyclic amines) is 1. The third-order valence-corrected chi connectivity index (χ3v) is 4.27. The molecule has 0 radical (unpaired) electrons. The average Bonchev–Trinajstić information content (AvgIpc) is 3.36. The highest BCUT2D eigenvalue weighted by atomic mass is 16.3. The predicted molar refractivity (Wildman–Crippen MR) is 84.6 cm³/mol. The van der Waals surface area contributed by atoms with Crippen LogP contribution in [0.5, 0.6) is 0 Å². The van der Waals surface area contributed by atoms with E-state index in [1.165, 1.54) is 17.2 Å². The molecule has 1 saturated heterocycles. The second-order valence-electron chi connectivity index (χ2n) is 5.95. The van der Waals surface area contributed by atoms with E-state index < -0.39 is 6.10 Å². The summed E-state index contributed by atoms with van der Waals surface area (Å²) < 4.78 is 1.50. The largest absolute Gasteiger partial charge is 0.391 e. The van der Waals surface area contributed by atoms with Gasteiger partial charge in [-0.15, -0.1) is 15.3 Å². The van der Waals surface area contributed by atoms with Crippen LogP contribution in [0.3, 0.4) is 0 Å². The topological polar surface area (TPSA) is 126 Å². The van der Waals surface area contributed by atoms with Gasteiger partial charge < -0.3 is 10.0 Å². The number of rotatable bonds is 4. The molecule has 2 N–H and O–H groups in total. The van der Waals surface area contributed by atoms with Crippen LogP contribution in [-0.2, 0) is 6.42 Å². The molecule has 10 heteroatoms. The number of aliphatic hydroxyl groups excluding tert-OH is 1. The van der Waals surface area contributed by atoms with E-state index in [1.807, 2.05) is 12.1 Å². The van der Waals surface area contributed by atoms with Gasteiger partial charge in [0, 0.05) is 31.4 Å². The van der Waals surface area contributed by atoms with Gasteiger partial charge in [-0.3, -0.25) is 19.4 Å². The Labute approximate surface area is 142 Å². The Hall–Kier alpha value is -3.14. The van der Waals surface area contributed by atoms with Crippen LogP contribution in [0.1, 0.15) is 16.2 Å². The summed E-state index contributed by atoms with van der Waals surface area (Å²) in [5.74, 6) is 0.108. The minimum absolute atomic E-state index is 0.0217. The number of carbonyl (C=O) groups excluding carboxylic acids is 1. The highest BCUT2D eigenvalue weighted by Crippen LogP contribution is 2.22. The monoisotopic (exact) mass is 340 g/mol. The molecule has 4 heterocycles. The summed E-state index contributed by atoms with van der Waals surface area (Å²) in [5, 5.41) is 24.3. The third kappa shape index (κ3) is 3.11. The van der Waals surface area contributed by atoms with Gasteiger partial charge in [-0.1, -0.05) is 0 Å². The molecule has 0 saturated carbocycles. The van der Waals surface area contributed by atoms with E-state index in [0.717, 1.165) is 5.56 Å². The normalized spacial score (nSPS) is 20.1. The number of β-amino-alcohol motifs (C(OH)–C–C–N with tert-alkyl or cyclic N) is 1.